The van der Waals surface area contributed by atoms with Gasteiger partial charge in [0.05, 0.1) is 19.4 Å². The predicted molar refractivity (Wildman–Crippen MR) is 90.9 cm³/mol. The molecule has 2 saturated heterocycles. The molecule has 0 saturated carbocycles. The summed E-state index contributed by atoms with van der Waals surface area (Å²) in [5.74, 6) is 1.22. The lowest BCUT2D eigenvalue weighted by Gasteiger charge is -2.34. The Morgan fingerprint density at radius 1 is 1.42 bits per heavy atom. The van der Waals surface area contributed by atoms with Gasteiger partial charge in [-0.3, -0.25) is 14.7 Å². The Morgan fingerprint density at radius 2 is 2.21 bits per heavy atom. The molecule has 0 bridgehead atoms. The van der Waals surface area contributed by atoms with Crippen molar-refractivity contribution in [2.45, 2.75) is 32.4 Å². The van der Waals surface area contributed by atoms with E-state index in [1.165, 1.54) is 0 Å². The standard InChI is InChI=1S/C18H27N3O3/c1-3-15-12-21(13-17(15)20-7-9-23-10-8-20)18(22)14(2)24-16-5-4-6-19-11-16/h4-6,11,14-15,17H,3,7-10,12-13H2,1-2H3/t14-,15-,17-/m1/s1. The Morgan fingerprint density at radius 3 is 2.88 bits per heavy atom. The first-order chi connectivity index (χ1) is 11.7. The minimum atomic E-state index is -0.491. The van der Waals surface area contributed by atoms with Crippen LogP contribution in [0.4, 0.5) is 0 Å². The van der Waals surface area contributed by atoms with Crippen LogP contribution in [-0.2, 0) is 9.53 Å². The minimum Gasteiger partial charge on any atom is -0.479 e. The molecule has 0 aromatic carbocycles. The van der Waals surface area contributed by atoms with E-state index in [1.54, 1.807) is 12.4 Å². The molecule has 2 aliphatic heterocycles. The first-order valence-electron chi connectivity index (χ1n) is 8.86. The van der Waals surface area contributed by atoms with E-state index >= 15 is 0 Å². The summed E-state index contributed by atoms with van der Waals surface area (Å²) < 4.78 is 11.2. The lowest BCUT2D eigenvalue weighted by molar-refractivity contribution is -0.137. The number of amides is 1. The molecular formula is C18H27N3O3. The minimum absolute atomic E-state index is 0.0630. The lowest BCUT2D eigenvalue weighted by atomic mass is 9.99. The van der Waals surface area contributed by atoms with Gasteiger partial charge in [0.1, 0.15) is 5.75 Å². The highest BCUT2D eigenvalue weighted by molar-refractivity contribution is 5.81. The molecule has 0 aliphatic carbocycles. The average molecular weight is 333 g/mol. The maximum absolute atomic E-state index is 12.8. The molecule has 1 aromatic heterocycles. The summed E-state index contributed by atoms with van der Waals surface area (Å²) >= 11 is 0. The fourth-order valence-corrected chi connectivity index (χ4v) is 3.69. The highest BCUT2D eigenvalue weighted by Gasteiger charge is 2.39. The zero-order chi connectivity index (χ0) is 16.9. The van der Waals surface area contributed by atoms with E-state index in [-0.39, 0.29) is 5.91 Å². The maximum Gasteiger partial charge on any atom is 0.263 e. The third-order valence-electron chi connectivity index (χ3n) is 5.05. The normalized spacial score (nSPS) is 26.3. The van der Waals surface area contributed by atoms with E-state index in [9.17, 15) is 4.79 Å². The molecule has 2 fully saturated rings. The first-order valence-corrected chi connectivity index (χ1v) is 8.86. The van der Waals surface area contributed by atoms with Crippen molar-refractivity contribution in [1.29, 1.82) is 0 Å². The number of carbonyl (C=O) groups is 1. The molecule has 24 heavy (non-hydrogen) atoms. The van der Waals surface area contributed by atoms with Gasteiger partial charge in [-0.2, -0.15) is 0 Å². The Kier molecular flexibility index (Phi) is 5.68. The number of carbonyl (C=O) groups excluding carboxylic acids is 1. The number of likely N-dealkylation sites (tertiary alicyclic amines) is 1. The fraction of sp³-hybridized carbons (Fsp3) is 0.667. The van der Waals surface area contributed by atoms with Crippen LogP contribution in [0.1, 0.15) is 20.3 Å². The zero-order valence-corrected chi connectivity index (χ0v) is 14.6. The molecule has 0 N–H and O–H groups in total. The van der Waals surface area contributed by atoms with Gasteiger partial charge >= 0.3 is 0 Å². The molecule has 6 heteroatoms. The molecular weight excluding hydrogens is 306 g/mol. The number of pyridine rings is 1. The van der Waals surface area contributed by atoms with Crippen molar-refractivity contribution in [3.05, 3.63) is 24.5 Å². The first kappa shape index (κ1) is 17.2. The highest BCUT2D eigenvalue weighted by atomic mass is 16.5. The number of nitrogens with zero attached hydrogens (tertiary/aromatic N) is 3. The van der Waals surface area contributed by atoms with Crippen LogP contribution in [0, 0.1) is 5.92 Å². The molecule has 1 aromatic rings. The number of hydrogen-bond donors (Lipinski definition) is 0. The second-order valence-corrected chi connectivity index (χ2v) is 6.58. The monoisotopic (exact) mass is 333 g/mol. The topological polar surface area (TPSA) is 54.9 Å². The van der Waals surface area contributed by atoms with Crippen molar-refractivity contribution < 1.29 is 14.3 Å². The van der Waals surface area contributed by atoms with Crippen LogP contribution >= 0.6 is 0 Å². The highest BCUT2D eigenvalue weighted by Crippen LogP contribution is 2.26. The van der Waals surface area contributed by atoms with Gasteiger partial charge in [0.25, 0.3) is 5.91 Å². The summed E-state index contributed by atoms with van der Waals surface area (Å²) in [4.78, 5) is 21.3. The van der Waals surface area contributed by atoms with Gasteiger partial charge < -0.3 is 14.4 Å². The van der Waals surface area contributed by atoms with E-state index in [0.717, 1.165) is 45.8 Å². The summed E-state index contributed by atoms with van der Waals surface area (Å²) in [5, 5.41) is 0. The maximum atomic E-state index is 12.8. The van der Waals surface area contributed by atoms with Crippen molar-refractivity contribution in [1.82, 2.24) is 14.8 Å². The van der Waals surface area contributed by atoms with Gasteiger partial charge in [-0.25, -0.2) is 0 Å². The Labute approximate surface area is 143 Å². The van der Waals surface area contributed by atoms with E-state index in [1.807, 2.05) is 24.0 Å². The molecule has 3 heterocycles. The van der Waals surface area contributed by atoms with Crippen LogP contribution in [0.25, 0.3) is 0 Å². The summed E-state index contributed by atoms with van der Waals surface area (Å²) in [6.45, 7) is 9.15. The number of morpholine rings is 1. The van der Waals surface area contributed by atoms with Crippen LogP contribution < -0.4 is 4.74 Å². The molecule has 3 atom stereocenters. The predicted octanol–water partition coefficient (Wildman–Crippen LogP) is 1.42. The van der Waals surface area contributed by atoms with Crippen LogP contribution in [0.2, 0.25) is 0 Å². The van der Waals surface area contributed by atoms with Crippen LogP contribution in [0.15, 0.2) is 24.5 Å². The van der Waals surface area contributed by atoms with Gasteiger partial charge in [0.15, 0.2) is 6.10 Å². The Hall–Kier alpha value is -1.66. The van der Waals surface area contributed by atoms with E-state index in [2.05, 4.69) is 16.8 Å². The zero-order valence-electron chi connectivity index (χ0n) is 14.6. The van der Waals surface area contributed by atoms with Crippen molar-refractivity contribution >= 4 is 5.91 Å². The molecule has 3 rings (SSSR count). The fourth-order valence-electron chi connectivity index (χ4n) is 3.69. The van der Waals surface area contributed by atoms with Crippen LogP contribution in [0.5, 0.6) is 5.75 Å². The quantitative estimate of drug-likeness (QED) is 0.816. The second-order valence-electron chi connectivity index (χ2n) is 6.58. The second kappa shape index (κ2) is 7.94. The van der Waals surface area contributed by atoms with Crippen molar-refractivity contribution in [2.24, 2.45) is 5.92 Å². The van der Waals surface area contributed by atoms with E-state index in [0.29, 0.717) is 17.7 Å². The Balaban J connectivity index is 1.60. The third kappa shape index (κ3) is 3.87. The van der Waals surface area contributed by atoms with E-state index < -0.39 is 6.10 Å². The van der Waals surface area contributed by atoms with Gasteiger partial charge in [0, 0.05) is 38.4 Å². The smallest absolute Gasteiger partial charge is 0.263 e. The summed E-state index contributed by atoms with van der Waals surface area (Å²) in [6.07, 6.45) is 3.93. The van der Waals surface area contributed by atoms with Crippen molar-refractivity contribution in [3.63, 3.8) is 0 Å². The van der Waals surface area contributed by atoms with Gasteiger partial charge in [0.2, 0.25) is 0 Å². The van der Waals surface area contributed by atoms with Gasteiger partial charge in [-0.15, -0.1) is 0 Å². The lowest BCUT2D eigenvalue weighted by Crippen LogP contribution is -2.48. The molecule has 0 spiro atoms. The van der Waals surface area contributed by atoms with Crippen LogP contribution in [-0.4, -0.2) is 72.2 Å². The molecule has 0 radical (unpaired) electrons. The molecule has 0 unspecified atom stereocenters. The largest absolute Gasteiger partial charge is 0.479 e. The van der Waals surface area contributed by atoms with Gasteiger partial charge in [-0.1, -0.05) is 13.3 Å². The van der Waals surface area contributed by atoms with Gasteiger partial charge in [-0.05, 0) is 25.0 Å². The SMILES string of the molecule is CC[C@@H]1CN(C(=O)[C@@H](C)Oc2cccnc2)C[C@H]1N1CCOCC1. The number of aromatic nitrogens is 1. The number of hydrogen-bond acceptors (Lipinski definition) is 5. The summed E-state index contributed by atoms with van der Waals surface area (Å²) in [5.41, 5.74) is 0. The molecule has 132 valence electrons. The molecule has 6 nitrogen and oxygen atoms in total. The van der Waals surface area contributed by atoms with Crippen LogP contribution in [0.3, 0.4) is 0 Å². The Bertz CT molecular complexity index is 534. The van der Waals surface area contributed by atoms with Crippen molar-refractivity contribution in [3.8, 4) is 5.75 Å². The van der Waals surface area contributed by atoms with Crippen molar-refractivity contribution in [2.75, 3.05) is 39.4 Å². The summed E-state index contributed by atoms with van der Waals surface area (Å²) in [7, 11) is 0. The number of ether oxygens (including phenoxy) is 2. The van der Waals surface area contributed by atoms with E-state index in [4.69, 9.17) is 9.47 Å². The number of rotatable bonds is 5. The molecule has 1 amide bonds. The third-order valence-corrected chi connectivity index (χ3v) is 5.05. The summed E-state index contributed by atoms with van der Waals surface area (Å²) in [6, 6.07) is 4.07. The average Bonchev–Trinajstić information content (AvgIpc) is 3.07. The molecule has 2 aliphatic rings.